The summed E-state index contributed by atoms with van der Waals surface area (Å²) in [6.45, 7) is 0. The van der Waals surface area contributed by atoms with Gasteiger partial charge in [0.05, 0.1) is 0 Å². The lowest BCUT2D eigenvalue weighted by molar-refractivity contribution is -0.124. The van der Waals surface area contributed by atoms with Gasteiger partial charge in [0.15, 0.2) is 0 Å². The van der Waals surface area contributed by atoms with Crippen LogP contribution in [0.1, 0.15) is 36.0 Å². The summed E-state index contributed by atoms with van der Waals surface area (Å²) in [4.78, 5) is 35.6. The number of halogens is 2. The number of hydrogen-bond donors (Lipinski definition) is 2. The second kappa shape index (κ2) is 7.37. The monoisotopic (exact) mass is 430 g/mol. The predicted octanol–water partition coefficient (Wildman–Crippen LogP) is 2.55. The molecule has 0 unspecified atom stereocenters. The van der Waals surface area contributed by atoms with E-state index in [0.29, 0.717) is 18.4 Å². The molecule has 118 valence electrons. The Labute approximate surface area is 145 Å². The van der Waals surface area contributed by atoms with Gasteiger partial charge < -0.3 is 11.1 Å². The molecule has 2 amide bonds. The zero-order valence-electron chi connectivity index (χ0n) is 11.8. The molecule has 1 aliphatic carbocycles. The number of hydrogen-bond acceptors (Lipinski definition) is 3. The Morgan fingerprint density at radius 3 is 2.41 bits per heavy atom. The van der Waals surface area contributed by atoms with Gasteiger partial charge in [-0.1, -0.05) is 31.9 Å². The molecule has 3 N–H and O–H groups in total. The van der Waals surface area contributed by atoms with Gasteiger partial charge in [0.25, 0.3) is 5.91 Å². The van der Waals surface area contributed by atoms with Crippen LogP contribution in [0.5, 0.6) is 0 Å². The van der Waals surface area contributed by atoms with Crippen LogP contribution in [0.2, 0.25) is 0 Å². The highest BCUT2D eigenvalue weighted by molar-refractivity contribution is 9.11. The van der Waals surface area contributed by atoms with Crippen LogP contribution in [0.25, 0.3) is 0 Å². The molecule has 0 radical (unpaired) electrons. The number of primary amides is 1. The third-order valence-corrected chi connectivity index (χ3v) is 4.63. The van der Waals surface area contributed by atoms with Crippen LogP contribution < -0.4 is 11.1 Å². The quantitative estimate of drug-likeness (QED) is 0.767. The zero-order valence-corrected chi connectivity index (χ0v) is 14.9. The number of carbonyl (C=O) groups is 3. The Kier molecular flexibility index (Phi) is 5.74. The summed E-state index contributed by atoms with van der Waals surface area (Å²) in [6.07, 6.45) is 2.26. The molecule has 5 nitrogen and oxygen atoms in total. The van der Waals surface area contributed by atoms with E-state index in [2.05, 4.69) is 37.2 Å². The minimum absolute atomic E-state index is 0.113. The molecule has 1 aromatic carbocycles. The van der Waals surface area contributed by atoms with Crippen molar-refractivity contribution in [2.75, 3.05) is 0 Å². The molecule has 1 aliphatic rings. The van der Waals surface area contributed by atoms with E-state index in [9.17, 15) is 14.4 Å². The summed E-state index contributed by atoms with van der Waals surface area (Å²) in [5.74, 6) is -1.11. The van der Waals surface area contributed by atoms with Gasteiger partial charge in [-0.3, -0.25) is 14.4 Å². The van der Waals surface area contributed by atoms with Crippen LogP contribution >= 0.6 is 31.9 Å². The normalized spacial score (nSPS) is 19.5. The van der Waals surface area contributed by atoms with Crippen molar-refractivity contribution in [3.05, 3.63) is 32.7 Å². The predicted molar refractivity (Wildman–Crippen MR) is 89.3 cm³/mol. The van der Waals surface area contributed by atoms with E-state index < -0.39 is 11.9 Å². The van der Waals surface area contributed by atoms with Gasteiger partial charge in [-0.2, -0.15) is 0 Å². The topological polar surface area (TPSA) is 89.3 Å². The minimum Gasteiger partial charge on any atom is -0.368 e. The average molecular weight is 432 g/mol. The highest BCUT2D eigenvalue weighted by atomic mass is 79.9. The van der Waals surface area contributed by atoms with Gasteiger partial charge in [0.1, 0.15) is 11.8 Å². The maximum absolute atomic E-state index is 12.3. The van der Waals surface area contributed by atoms with Crippen molar-refractivity contribution in [3.63, 3.8) is 0 Å². The molecule has 0 aromatic heterocycles. The van der Waals surface area contributed by atoms with Gasteiger partial charge in [0.2, 0.25) is 5.91 Å². The number of nitrogens with one attached hydrogen (secondary N) is 1. The van der Waals surface area contributed by atoms with E-state index >= 15 is 0 Å². The molecular weight excluding hydrogens is 416 g/mol. The lowest BCUT2D eigenvalue weighted by Gasteiger charge is -2.28. The summed E-state index contributed by atoms with van der Waals surface area (Å²) in [5, 5.41) is 2.67. The highest BCUT2D eigenvalue weighted by Gasteiger charge is 2.32. The van der Waals surface area contributed by atoms with Gasteiger partial charge >= 0.3 is 0 Å². The lowest BCUT2D eigenvalue weighted by Crippen LogP contribution is -2.50. The van der Waals surface area contributed by atoms with E-state index in [1.807, 2.05) is 6.07 Å². The van der Waals surface area contributed by atoms with Crippen molar-refractivity contribution in [2.24, 2.45) is 11.7 Å². The first-order valence-electron chi connectivity index (χ1n) is 6.95. The molecule has 0 bridgehead atoms. The summed E-state index contributed by atoms with van der Waals surface area (Å²) >= 11 is 6.63. The molecule has 2 atom stereocenters. The summed E-state index contributed by atoms with van der Waals surface area (Å²) in [7, 11) is 0. The van der Waals surface area contributed by atoms with Crippen LogP contribution in [0, 0.1) is 5.92 Å². The molecular formula is C15H16Br2N2O3. The van der Waals surface area contributed by atoms with Crippen molar-refractivity contribution in [2.45, 2.75) is 31.7 Å². The molecule has 2 rings (SSSR count). The molecule has 1 fully saturated rings. The van der Waals surface area contributed by atoms with Crippen LogP contribution in [0.4, 0.5) is 0 Å². The minimum atomic E-state index is -0.825. The summed E-state index contributed by atoms with van der Waals surface area (Å²) in [5.41, 5.74) is 5.83. The number of carbonyl (C=O) groups excluding carboxylic acids is 3. The first-order chi connectivity index (χ1) is 10.4. The second-order valence-electron chi connectivity index (χ2n) is 5.41. The smallest absolute Gasteiger partial charge is 0.252 e. The van der Waals surface area contributed by atoms with E-state index in [1.165, 1.54) is 0 Å². The third kappa shape index (κ3) is 4.39. The SMILES string of the molecule is NC(=O)[C@H](NC(=O)c1cc(Br)cc(Br)c1)[C@@H]1CCCC(=O)C1. The largest absolute Gasteiger partial charge is 0.368 e. The standard InChI is InChI=1S/C15H16Br2N2O3/c16-10-4-9(5-11(17)7-10)15(22)19-13(14(18)21)8-2-1-3-12(20)6-8/h4-5,7-8,13H,1-3,6H2,(H2,18,21)(H,19,22)/t8-,13-/m1/s1. The first-order valence-corrected chi connectivity index (χ1v) is 8.53. The number of Topliss-reactive ketones (excluding diaryl/α,β-unsaturated/α-hetero) is 1. The van der Waals surface area contributed by atoms with Crippen LogP contribution in [-0.4, -0.2) is 23.6 Å². The van der Waals surface area contributed by atoms with Gasteiger partial charge in [-0.25, -0.2) is 0 Å². The fourth-order valence-electron chi connectivity index (χ4n) is 2.67. The van der Waals surface area contributed by atoms with Crippen molar-refractivity contribution in [3.8, 4) is 0 Å². The number of rotatable bonds is 4. The Morgan fingerprint density at radius 2 is 1.86 bits per heavy atom. The fraction of sp³-hybridized carbons (Fsp3) is 0.400. The van der Waals surface area contributed by atoms with E-state index in [-0.39, 0.29) is 24.0 Å². The zero-order chi connectivity index (χ0) is 16.3. The Morgan fingerprint density at radius 1 is 1.23 bits per heavy atom. The second-order valence-corrected chi connectivity index (χ2v) is 7.24. The summed E-state index contributed by atoms with van der Waals surface area (Å²) < 4.78 is 1.49. The molecule has 1 saturated carbocycles. The molecule has 0 spiro atoms. The Hall–Kier alpha value is -1.21. The number of amides is 2. The van der Waals surface area contributed by atoms with Crippen molar-refractivity contribution in [1.82, 2.24) is 5.32 Å². The molecule has 0 aliphatic heterocycles. The van der Waals surface area contributed by atoms with Crippen LogP contribution in [0.15, 0.2) is 27.1 Å². The lowest BCUT2D eigenvalue weighted by atomic mass is 9.82. The maximum atomic E-state index is 12.3. The Bertz CT molecular complexity index is 599. The fourth-order valence-corrected chi connectivity index (χ4v) is 3.97. The van der Waals surface area contributed by atoms with Crippen LogP contribution in [-0.2, 0) is 9.59 Å². The molecule has 22 heavy (non-hydrogen) atoms. The third-order valence-electron chi connectivity index (χ3n) is 3.71. The first kappa shape index (κ1) is 17.1. The highest BCUT2D eigenvalue weighted by Crippen LogP contribution is 2.25. The van der Waals surface area contributed by atoms with E-state index in [0.717, 1.165) is 15.4 Å². The molecule has 0 heterocycles. The average Bonchev–Trinajstić information content (AvgIpc) is 2.43. The molecule has 0 saturated heterocycles. The van der Waals surface area contributed by atoms with E-state index in [1.54, 1.807) is 12.1 Å². The molecule has 7 heteroatoms. The number of ketones is 1. The maximum Gasteiger partial charge on any atom is 0.252 e. The van der Waals surface area contributed by atoms with Crippen LogP contribution in [0.3, 0.4) is 0 Å². The van der Waals surface area contributed by atoms with Crippen molar-refractivity contribution >= 4 is 49.5 Å². The van der Waals surface area contributed by atoms with Gasteiger partial charge in [-0.05, 0) is 37.0 Å². The van der Waals surface area contributed by atoms with Gasteiger partial charge in [-0.15, -0.1) is 0 Å². The van der Waals surface area contributed by atoms with Crippen molar-refractivity contribution in [1.29, 1.82) is 0 Å². The number of benzene rings is 1. The number of nitrogens with two attached hydrogens (primary N) is 1. The van der Waals surface area contributed by atoms with Crippen molar-refractivity contribution < 1.29 is 14.4 Å². The van der Waals surface area contributed by atoms with Gasteiger partial charge in [0, 0.05) is 27.4 Å². The van der Waals surface area contributed by atoms with E-state index in [4.69, 9.17) is 5.73 Å². The molecule has 1 aromatic rings. The summed E-state index contributed by atoms with van der Waals surface area (Å²) in [6, 6.07) is 4.30. The Balaban J connectivity index is 2.15.